The third kappa shape index (κ3) is 4.46. The van der Waals surface area contributed by atoms with E-state index in [1.54, 1.807) is 37.3 Å². The molecule has 0 spiro atoms. The molecule has 4 heteroatoms. The largest absolute Gasteiger partial charge is 0.507 e. The number of rotatable bonds is 7. The molecule has 0 heterocycles. The topological polar surface area (TPSA) is 66.4 Å². The Bertz CT molecular complexity index is 966. The van der Waals surface area contributed by atoms with Gasteiger partial charge in [0, 0.05) is 17.7 Å². The number of carbonyl (C=O) groups is 2. The SMILES string of the molecule is CCC(=O)Nc1ccc(O)c(C(=O)c2ccccc2)c1CCc1ccccc1. The van der Waals surface area contributed by atoms with Crippen molar-refractivity contribution in [2.75, 3.05) is 5.32 Å². The zero-order chi connectivity index (χ0) is 19.9. The van der Waals surface area contributed by atoms with Gasteiger partial charge in [0.2, 0.25) is 5.91 Å². The van der Waals surface area contributed by atoms with Crippen LogP contribution in [-0.4, -0.2) is 16.8 Å². The van der Waals surface area contributed by atoms with E-state index in [9.17, 15) is 14.7 Å². The van der Waals surface area contributed by atoms with E-state index in [1.165, 1.54) is 6.07 Å². The number of hydrogen-bond donors (Lipinski definition) is 2. The van der Waals surface area contributed by atoms with Gasteiger partial charge in [-0.15, -0.1) is 0 Å². The molecule has 0 bridgehead atoms. The van der Waals surface area contributed by atoms with Gasteiger partial charge in [-0.3, -0.25) is 9.59 Å². The van der Waals surface area contributed by atoms with Crippen molar-refractivity contribution in [3.05, 3.63) is 95.1 Å². The third-order valence-corrected chi connectivity index (χ3v) is 4.66. The summed E-state index contributed by atoms with van der Waals surface area (Å²) in [7, 11) is 0. The van der Waals surface area contributed by atoms with Crippen molar-refractivity contribution in [3.8, 4) is 5.75 Å². The van der Waals surface area contributed by atoms with E-state index in [0.29, 0.717) is 36.1 Å². The average Bonchev–Trinajstić information content (AvgIpc) is 2.74. The van der Waals surface area contributed by atoms with E-state index in [1.807, 2.05) is 36.4 Å². The fourth-order valence-electron chi connectivity index (χ4n) is 3.15. The van der Waals surface area contributed by atoms with Crippen LogP contribution in [0.2, 0.25) is 0 Å². The first-order chi connectivity index (χ1) is 13.6. The second-order valence-electron chi connectivity index (χ2n) is 6.57. The van der Waals surface area contributed by atoms with E-state index in [2.05, 4.69) is 5.32 Å². The van der Waals surface area contributed by atoms with E-state index >= 15 is 0 Å². The maximum atomic E-state index is 13.1. The van der Waals surface area contributed by atoms with Crippen LogP contribution < -0.4 is 5.32 Å². The van der Waals surface area contributed by atoms with Crippen molar-refractivity contribution in [3.63, 3.8) is 0 Å². The first-order valence-corrected chi connectivity index (χ1v) is 9.38. The Kier molecular flexibility index (Phi) is 6.22. The summed E-state index contributed by atoms with van der Waals surface area (Å²) in [4.78, 5) is 25.1. The fraction of sp³-hybridized carbons (Fsp3) is 0.167. The highest BCUT2D eigenvalue weighted by molar-refractivity contribution is 6.12. The minimum absolute atomic E-state index is 0.0774. The zero-order valence-electron chi connectivity index (χ0n) is 15.8. The minimum atomic E-state index is -0.256. The number of carbonyl (C=O) groups excluding carboxylic acids is 2. The molecule has 0 aromatic heterocycles. The average molecular weight is 373 g/mol. The van der Waals surface area contributed by atoms with Crippen molar-refractivity contribution >= 4 is 17.4 Å². The first-order valence-electron chi connectivity index (χ1n) is 9.38. The predicted molar refractivity (Wildman–Crippen MR) is 111 cm³/mol. The monoisotopic (exact) mass is 373 g/mol. The number of phenols is 1. The first kappa shape index (κ1) is 19.4. The smallest absolute Gasteiger partial charge is 0.224 e. The number of benzene rings is 3. The normalized spacial score (nSPS) is 10.5. The van der Waals surface area contributed by atoms with Gasteiger partial charge in [-0.05, 0) is 36.1 Å². The molecule has 0 saturated carbocycles. The molecule has 3 aromatic rings. The van der Waals surface area contributed by atoms with Crippen LogP contribution in [0.1, 0.15) is 40.4 Å². The molecular weight excluding hydrogens is 350 g/mol. The molecule has 0 aliphatic carbocycles. The van der Waals surface area contributed by atoms with E-state index in [4.69, 9.17) is 0 Å². The number of amides is 1. The summed E-state index contributed by atoms with van der Waals surface area (Å²) in [5, 5.41) is 13.4. The van der Waals surface area contributed by atoms with Gasteiger partial charge >= 0.3 is 0 Å². The van der Waals surface area contributed by atoms with Gasteiger partial charge in [0.1, 0.15) is 5.75 Å². The lowest BCUT2D eigenvalue weighted by molar-refractivity contribution is -0.115. The summed E-state index contributed by atoms with van der Waals surface area (Å²) < 4.78 is 0. The molecule has 0 unspecified atom stereocenters. The number of anilines is 1. The van der Waals surface area contributed by atoms with Gasteiger partial charge < -0.3 is 10.4 Å². The Balaban J connectivity index is 2.04. The van der Waals surface area contributed by atoms with Crippen LogP contribution in [0.25, 0.3) is 0 Å². The Hall–Kier alpha value is -3.40. The quantitative estimate of drug-likeness (QED) is 0.464. The molecule has 28 heavy (non-hydrogen) atoms. The second kappa shape index (κ2) is 9.00. The van der Waals surface area contributed by atoms with Crippen LogP contribution in [0, 0.1) is 0 Å². The highest BCUT2D eigenvalue weighted by Crippen LogP contribution is 2.32. The molecule has 142 valence electrons. The third-order valence-electron chi connectivity index (χ3n) is 4.66. The molecule has 0 aliphatic rings. The number of hydrogen-bond acceptors (Lipinski definition) is 3. The molecule has 0 saturated heterocycles. The van der Waals surface area contributed by atoms with Gasteiger partial charge in [0.25, 0.3) is 0 Å². The van der Waals surface area contributed by atoms with Crippen LogP contribution >= 0.6 is 0 Å². The molecule has 4 nitrogen and oxygen atoms in total. The molecule has 0 fully saturated rings. The Labute approximate surface area is 164 Å². The molecule has 3 rings (SSSR count). The van der Waals surface area contributed by atoms with E-state index in [0.717, 1.165) is 5.56 Å². The van der Waals surface area contributed by atoms with Crippen LogP contribution in [0.4, 0.5) is 5.69 Å². The van der Waals surface area contributed by atoms with Gasteiger partial charge in [0.15, 0.2) is 5.78 Å². The maximum Gasteiger partial charge on any atom is 0.224 e. The summed E-state index contributed by atoms with van der Waals surface area (Å²) in [6.07, 6.45) is 1.54. The van der Waals surface area contributed by atoms with Crippen LogP contribution in [0.15, 0.2) is 72.8 Å². The van der Waals surface area contributed by atoms with Gasteiger partial charge in [-0.2, -0.15) is 0 Å². The van der Waals surface area contributed by atoms with Crippen LogP contribution in [0.5, 0.6) is 5.75 Å². The Morgan fingerprint density at radius 2 is 1.50 bits per heavy atom. The summed E-state index contributed by atoms with van der Waals surface area (Å²) in [5.74, 6) is -0.468. The van der Waals surface area contributed by atoms with Crippen molar-refractivity contribution in [2.45, 2.75) is 26.2 Å². The van der Waals surface area contributed by atoms with Crippen molar-refractivity contribution < 1.29 is 14.7 Å². The standard InChI is InChI=1S/C24H23NO3/c1-2-22(27)25-20-15-16-21(26)23(24(28)18-11-7-4-8-12-18)19(20)14-13-17-9-5-3-6-10-17/h3-12,15-16,26H,2,13-14H2,1H3,(H,25,27). The van der Waals surface area contributed by atoms with Crippen molar-refractivity contribution in [1.29, 1.82) is 0 Å². The summed E-state index contributed by atoms with van der Waals surface area (Å²) in [6, 6.07) is 21.9. The summed E-state index contributed by atoms with van der Waals surface area (Å²) in [6.45, 7) is 1.77. The molecule has 0 atom stereocenters. The Morgan fingerprint density at radius 1 is 0.857 bits per heavy atom. The lowest BCUT2D eigenvalue weighted by atomic mass is 9.92. The molecular formula is C24H23NO3. The van der Waals surface area contributed by atoms with E-state index in [-0.39, 0.29) is 23.0 Å². The maximum absolute atomic E-state index is 13.1. The molecule has 0 radical (unpaired) electrons. The molecule has 3 aromatic carbocycles. The van der Waals surface area contributed by atoms with E-state index < -0.39 is 0 Å². The summed E-state index contributed by atoms with van der Waals surface area (Å²) in [5.41, 5.74) is 3.09. The van der Waals surface area contributed by atoms with Crippen molar-refractivity contribution in [2.24, 2.45) is 0 Å². The highest BCUT2D eigenvalue weighted by Gasteiger charge is 2.21. The van der Waals surface area contributed by atoms with Crippen LogP contribution in [0.3, 0.4) is 0 Å². The predicted octanol–water partition coefficient (Wildman–Crippen LogP) is 4.76. The van der Waals surface area contributed by atoms with Crippen LogP contribution in [-0.2, 0) is 17.6 Å². The van der Waals surface area contributed by atoms with Crippen molar-refractivity contribution in [1.82, 2.24) is 0 Å². The molecule has 2 N–H and O–H groups in total. The van der Waals surface area contributed by atoms with Gasteiger partial charge in [-0.25, -0.2) is 0 Å². The molecule has 0 aliphatic heterocycles. The summed E-state index contributed by atoms with van der Waals surface area (Å²) >= 11 is 0. The molecule has 1 amide bonds. The lowest BCUT2D eigenvalue weighted by Crippen LogP contribution is -2.15. The van der Waals surface area contributed by atoms with Gasteiger partial charge in [-0.1, -0.05) is 67.6 Å². The second-order valence-corrected chi connectivity index (χ2v) is 6.57. The Morgan fingerprint density at radius 3 is 2.14 bits per heavy atom. The number of ketones is 1. The fourth-order valence-corrected chi connectivity index (χ4v) is 3.15. The lowest BCUT2D eigenvalue weighted by Gasteiger charge is -2.17. The number of aromatic hydroxyl groups is 1. The number of aryl methyl sites for hydroxylation is 1. The minimum Gasteiger partial charge on any atom is -0.507 e. The number of phenolic OH excluding ortho intramolecular Hbond substituents is 1. The highest BCUT2D eigenvalue weighted by atomic mass is 16.3. The van der Waals surface area contributed by atoms with Gasteiger partial charge in [0.05, 0.1) is 5.56 Å². The number of nitrogens with one attached hydrogen (secondary N) is 1. The zero-order valence-corrected chi connectivity index (χ0v) is 15.8.